The van der Waals surface area contributed by atoms with Crippen molar-refractivity contribution in [3.8, 4) is 0 Å². The smallest absolute Gasteiger partial charge is 0.225 e. The van der Waals surface area contributed by atoms with Gasteiger partial charge in [-0.15, -0.1) is 0 Å². The number of hydrogen-bond acceptors (Lipinski definition) is 6. The molecule has 2 nitrogen and oxygen atoms in total. The normalized spacial score (nSPS) is 12.9. The third kappa shape index (κ3) is 8.49. The van der Waals surface area contributed by atoms with Gasteiger partial charge in [-0.05, 0) is 99.5 Å². The second-order valence-electron chi connectivity index (χ2n) is 9.42. The highest BCUT2D eigenvalue weighted by molar-refractivity contribution is 8.93. The summed E-state index contributed by atoms with van der Waals surface area (Å²) in [5, 5.41) is 0.725. The van der Waals surface area contributed by atoms with E-state index in [1.807, 2.05) is 127 Å². The summed E-state index contributed by atoms with van der Waals surface area (Å²) in [6.07, 6.45) is 0. The minimum atomic E-state index is -3.21. The Kier molecular flexibility index (Phi) is 10.3. The molecule has 0 unspecified atom stereocenters. The molecule has 0 bridgehead atoms. The van der Waals surface area contributed by atoms with E-state index in [2.05, 4.69) is 20.8 Å². The first-order valence-electron chi connectivity index (χ1n) is 12.1. The molecular formula is C30H30O2P2S4. The highest BCUT2D eigenvalue weighted by Gasteiger charge is 2.40. The quantitative estimate of drug-likeness (QED) is 0.166. The monoisotopic (exact) mass is 612 g/mol. The maximum absolute atomic E-state index is 15.2. The van der Waals surface area contributed by atoms with Crippen LogP contribution in [-0.2, 0) is 9.13 Å². The Bertz CT molecular complexity index is 1350. The minimum Gasteiger partial charge on any atom is -0.295 e. The number of rotatable bonds is 10. The van der Waals surface area contributed by atoms with E-state index >= 15 is 4.57 Å². The molecule has 0 fully saturated rings. The van der Waals surface area contributed by atoms with Gasteiger partial charge in [-0.3, -0.25) is 9.13 Å². The predicted molar refractivity (Wildman–Crippen MR) is 172 cm³/mol. The molecule has 38 heavy (non-hydrogen) atoms. The van der Waals surface area contributed by atoms with Crippen molar-refractivity contribution < 1.29 is 9.13 Å². The van der Waals surface area contributed by atoms with E-state index in [1.165, 1.54) is 45.5 Å². The average Bonchev–Trinajstić information content (AvgIpc) is 2.89. The van der Waals surface area contributed by atoms with Crippen molar-refractivity contribution in [3.05, 3.63) is 132 Å². The summed E-state index contributed by atoms with van der Waals surface area (Å²) in [7, 11) is 0. The van der Waals surface area contributed by atoms with Crippen LogP contribution in [0, 0.1) is 5.41 Å². The lowest BCUT2D eigenvalue weighted by molar-refractivity contribution is 0.520. The Morgan fingerprint density at radius 2 is 0.816 bits per heavy atom. The molecule has 0 N–H and O–H groups in total. The Balaban J connectivity index is 1.87. The first kappa shape index (κ1) is 29.5. The summed E-state index contributed by atoms with van der Waals surface area (Å²) in [5.74, 6) is 1.86. The van der Waals surface area contributed by atoms with Crippen molar-refractivity contribution in [1.29, 1.82) is 0 Å². The molecule has 8 heteroatoms. The summed E-state index contributed by atoms with van der Waals surface area (Å²) < 4.78 is 30.1. The fourth-order valence-electron chi connectivity index (χ4n) is 3.51. The van der Waals surface area contributed by atoms with E-state index in [1.54, 1.807) is 0 Å². The standard InChI is InChI=1S/C30H30O2P2S4/c1-30(2,3)29(34(32,37-27-20-12-6-13-21-27)38-28-22-14-7-15-23-28)24-33(31,35-25-16-8-4-9-17-25)36-26-18-10-5-11-19-26/h4-24H,1-3H3. The van der Waals surface area contributed by atoms with E-state index in [0.29, 0.717) is 0 Å². The van der Waals surface area contributed by atoms with E-state index in [0.717, 1.165) is 24.9 Å². The third-order valence-corrected chi connectivity index (χ3v) is 20.3. The molecule has 0 radical (unpaired) electrons. The van der Waals surface area contributed by atoms with Gasteiger partial charge < -0.3 is 0 Å². The number of hydrogen-bond donors (Lipinski definition) is 0. The summed E-state index contributed by atoms with van der Waals surface area (Å²) in [4.78, 5) is 3.70. The van der Waals surface area contributed by atoms with Gasteiger partial charge in [0.25, 0.3) is 0 Å². The van der Waals surface area contributed by atoms with Crippen LogP contribution in [0.4, 0.5) is 0 Å². The van der Waals surface area contributed by atoms with E-state index in [-0.39, 0.29) is 0 Å². The van der Waals surface area contributed by atoms with Gasteiger partial charge in [0.15, 0.2) is 0 Å². The van der Waals surface area contributed by atoms with Crippen LogP contribution in [0.25, 0.3) is 0 Å². The Morgan fingerprint density at radius 1 is 0.526 bits per heavy atom. The lowest BCUT2D eigenvalue weighted by Gasteiger charge is -2.31. The molecular weight excluding hydrogens is 583 g/mol. The van der Waals surface area contributed by atoms with Crippen LogP contribution in [-0.4, -0.2) is 0 Å². The summed E-state index contributed by atoms with van der Waals surface area (Å²) in [6, 6.07) is 39.3. The summed E-state index contributed by atoms with van der Waals surface area (Å²) in [6.45, 7) is 6.19. The van der Waals surface area contributed by atoms with Crippen molar-refractivity contribution in [2.24, 2.45) is 5.41 Å². The average molecular weight is 613 g/mol. The Labute approximate surface area is 242 Å². The van der Waals surface area contributed by atoms with Crippen LogP contribution in [0.15, 0.2) is 152 Å². The molecule has 0 aliphatic rings. The molecule has 0 saturated carbocycles. The molecule has 0 spiro atoms. The van der Waals surface area contributed by atoms with Gasteiger partial charge in [-0.2, -0.15) is 0 Å². The molecule has 196 valence electrons. The fourth-order valence-corrected chi connectivity index (χ4v) is 22.1. The van der Waals surface area contributed by atoms with Gasteiger partial charge in [0.2, 0.25) is 11.1 Å². The number of benzene rings is 4. The van der Waals surface area contributed by atoms with Crippen molar-refractivity contribution in [1.82, 2.24) is 0 Å². The third-order valence-electron chi connectivity index (χ3n) is 5.23. The molecule has 4 rings (SSSR count). The Morgan fingerprint density at radius 3 is 1.11 bits per heavy atom. The largest absolute Gasteiger partial charge is 0.295 e. The Hall–Kier alpha value is -1.52. The summed E-state index contributed by atoms with van der Waals surface area (Å²) in [5.41, 5.74) is -6.84. The first-order chi connectivity index (χ1) is 18.2. The van der Waals surface area contributed by atoms with Crippen LogP contribution < -0.4 is 0 Å². The molecule has 0 atom stereocenters. The number of allylic oxidation sites excluding steroid dienone is 1. The summed E-state index contributed by atoms with van der Waals surface area (Å²) >= 11 is 5.49. The van der Waals surface area contributed by atoms with Gasteiger partial charge in [-0.1, -0.05) is 93.6 Å². The molecule has 0 amide bonds. The van der Waals surface area contributed by atoms with Gasteiger partial charge in [0.05, 0.1) is 0 Å². The van der Waals surface area contributed by atoms with Crippen molar-refractivity contribution in [3.63, 3.8) is 0 Å². The van der Waals surface area contributed by atoms with Crippen molar-refractivity contribution in [2.75, 3.05) is 0 Å². The van der Waals surface area contributed by atoms with Crippen LogP contribution in [0.1, 0.15) is 20.8 Å². The highest BCUT2D eigenvalue weighted by Crippen LogP contribution is 2.84. The lowest BCUT2D eigenvalue weighted by atomic mass is 9.97. The molecule has 0 heterocycles. The van der Waals surface area contributed by atoms with Gasteiger partial charge in [0, 0.05) is 30.7 Å². The zero-order chi connectivity index (χ0) is 27.1. The van der Waals surface area contributed by atoms with Gasteiger partial charge in [0.1, 0.15) is 0 Å². The van der Waals surface area contributed by atoms with Crippen molar-refractivity contribution in [2.45, 2.75) is 40.4 Å². The first-order valence-corrected chi connectivity index (χ1v) is 21.2. The molecule has 4 aromatic rings. The maximum atomic E-state index is 15.2. The fraction of sp³-hybridized carbons (Fsp3) is 0.133. The zero-order valence-electron chi connectivity index (χ0n) is 21.5. The van der Waals surface area contributed by atoms with E-state index in [9.17, 15) is 4.57 Å². The SMILES string of the molecule is CC(C)(C)C(=CP(=O)(Sc1ccccc1)Sc1ccccc1)P(=O)(Sc1ccccc1)Sc1ccccc1. The van der Waals surface area contributed by atoms with Gasteiger partial charge in [-0.25, -0.2) is 0 Å². The predicted octanol–water partition coefficient (Wildman–Crippen LogP) is 12.4. The zero-order valence-corrected chi connectivity index (χ0v) is 26.5. The van der Waals surface area contributed by atoms with Crippen LogP contribution in [0.2, 0.25) is 0 Å². The topological polar surface area (TPSA) is 34.1 Å². The van der Waals surface area contributed by atoms with Crippen LogP contribution >= 0.6 is 56.6 Å². The molecule has 4 aromatic carbocycles. The lowest BCUT2D eigenvalue weighted by Crippen LogP contribution is -2.08. The van der Waals surface area contributed by atoms with Crippen LogP contribution in [0.5, 0.6) is 0 Å². The van der Waals surface area contributed by atoms with E-state index in [4.69, 9.17) is 0 Å². The van der Waals surface area contributed by atoms with E-state index < -0.39 is 16.5 Å². The maximum Gasteiger partial charge on any atom is 0.225 e. The molecule has 0 aromatic heterocycles. The molecule has 0 aliphatic heterocycles. The van der Waals surface area contributed by atoms with Gasteiger partial charge >= 0.3 is 0 Å². The molecule has 0 saturated heterocycles. The van der Waals surface area contributed by atoms with Crippen molar-refractivity contribution >= 4 is 56.6 Å². The second-order valence-corrected chi connectivity index (χ2v) is 24.8. The van der Waals surface area contributed by atoms with Crippen LogP contribution in [0.3, 0.4) is 0 Å². The highest BCUT2D eigenvalue weighted by atomic mass is 33.1. The second kappa shape index (κ2) is 13.2. The molecule has 0 aliphatic carbocycles. The minimum absolute atomic E-state index is 0.483.